The standard InChI is InChI=1S/C17H31N5O.CH2O2/c1-5-14(6-2)13-22-11-8-17(9-12-22,16(23)18-3)19-15-7-10-21(4)20-15;2-1-3/h7,10,14H,5-6,8-9,11-13H2,1-4H3,(H,18,23)(H,19,20);1H,(H,2,3). The first-order valence-electron chi connectivity index (χ1n) is 9.24. The molecule has 0 radical (unpaired) electrons. The highest BCUT2D eigenvalue weighted by Crippen LogP contribution is 2.28. The topological polar surface area (TPSA) is 99.5 Å². The van der Waals surface area contributed by atoms with E-state index >= 15 is 0 Å². The second-order valence-electron chi connectivity index (χ2n) is 6.75. The van der Waals surface area contributed by atoms with E-state index in [-0.39, 0.29) is 12.4 Å². The number of anilines is 1. The lowest BCUT2D eigenvalue weighted by Crippen LogP contribution is -2.58. The maximum absolute atomic E-state index is 12.5. The van der Waals surface area contributed by atoms with Crippen LogP contribution in [0.15, 0.2) is 12.3 Å². The van der Waals surface area contributed by atoms with Gasteiger partial charge in [0.2, 0.25) is 5.91 Å². The van der Waals surface area contributed by atoms with Crippen LogP contribution in [0.5, 0.6) is 0 Å². The Morgan fingerprint density at radius 2 is 1.96 bits per heavy atom. The molecule has 8 nitrogen and oxygen atoms in total. The third-order valence-corrected chi connectivity index (χ3v) is 5.12. The minimum atomic E-state index is -0.548. The number of nitrogens with one attached hydrogen (secondary N) is 2. The predicted octanol–water partition coefficient (Wildman–Crippen LogP) is 1.55. The average molecular weight is 367 g/mol. The van der Waals surface area contributed by atoms with Crippen molar-refractivity contribution in [2.75, 3.05) is 32.0 Å². The van der Waals surface area contributed by atoms with Gasteiger partial charge in [-0.3, -0.25) is 14.3 Å². The van der Waals surface area contributed by atoms with Crippen LogP contribution < -0.4 is 10.6 Å². The van der Waals surface area contributed by atoms with Crippen molar-refractivity contribution in [3.05, 3.63) is 12.3 Å². The second kappa shape index (κ2) is 10.8. The molecular weight excluding hydrogens is 334 g/mol. The van der Waals surface area contributed by atoms with Gasteiger partial charge in [-0.1, -0.05) is 26.7 Å². The van der Waals surface area contributed by atoms with E-state index in [1.807, 2.05) is 19.3 Å². The largest absolute Gasteiger partial charge is 0.483 e. The summed E-state index contributed by atoms with van der Waals surface area (Å²) in [4.78, 5) is 23.4. The van der Waals surface area contributed by atoms with Crippen molar-refractivity contribution in [3.8, 4) is 0 Å². The quantitative estimate of drug-likeness (QED) is 0.633. The minimum absolute atomic E-state index is 0.0605. The van der Waals surface area contributed by atoms with Crippen LogP contribution >= 0.6 is 0 Å². The molecule has 0 spiro atoms. The maximum atomic E-state index is 12.5. The Kier molecular flexibility index (Phi) is 9.12. The molecule has 8 heteroatoms. The molecule has 148 valence electrons. The number of rotatable bonds is 7. The van der Waals surface area contributed by atoms with Crippen LogP contribution in [-0.2, 0) is 16.6 Å². The molecule has 1 fully saturated rings. The number of likely N-dealkylation sites (N-methyl/N-ethyl adjacent to an activating group) is 1. The van der Waals surface area contributed by atoms with E-state index in [1.165, 1.54) is 12.8 Å². The molecule has 1 aliphatic rings. The number of aryl methyl sites for hydroxylation is 1. The summed E-state index contributed by atoms with van der Waals surface area (Å²) in [6.45, 7) is 7.30. The first kappa shape index (κ1) is 22.0. The van der Waals surface area contributed by atoms with Gasteiger partial charge in [-0.05, 0) is 18.8 Å². The number of carbonyl (C=O) groups is 2. The van der Waals surface area contributed by atoms with Gasteiger partial charge in [0.15, 0.2) is 0 Å². The van der Waals surface area contributed by atoms with E-state index in [4.69, 9.17) is 9.90 Å². The zero-order valence-electron chi connectivity index (χ0n) is 16.4. The van der Waals surface area contributed by atoms with Crippen molar-refractivity contribution in [1.82, 2.24) is 20.0 Å². The van der Waals surface area contributed by atoms with E-state index in [9.17, 15) is 4.79 Å². The predicted molar refractivity (Wildman–Crippen MR) is 102 cm³/mol. The number of hydrogen-bond donors (Lipinski definition) is 3. The number of aromatic nitrogens is 2. The van der Waals surface area contributed by atoms with Gasteiger partial charge in [0.1, 0.15) is 11.4 Å². The third-order valence-electron chi connectivity index (χ3n) is 5.12. The molecule has 1 aliphatic heterocycles. The van der Waals surface area contributed by atoms with Crippen LogP contribution in [0, 0.1) is 5.92 Å². The number of likely N-dealkylation sites (tertiary alicyclic amines) is 1. The number of carboxylic acid groups (broad SMARTS) is 1. The summed E-state index contributed by atoms with van der Waals surface area (Å²) in [7, 11) is 3.59. The van der Waals surface area contributed by atoms with Crippen LogP contribution in [0.2, 0.25) is 0 Å². The summed E-state index contributed by atoms with van der Waals surface area (Å²) in [6, 6.07) is 1.92. The molecule has 2 rings (SSSR count). The fourth-order valence-corrected chi connectivity index (χ4v) is 3.40. The molecule has 1 saturated heterocycles. The van der Waals surface area contributed by atoms with Crippen molar-refractivity contribution >= 4 is 18.2 Å². The van der Waals surface area contributed by atoms with Crippen LogP contribution in [0.25, 0.3) is 0 Å². The lowest BCUT2D eigenvalue weighted by Gasteiger charge is -2.41. The molecule has 0 aromatic carbocycles. The van der Waals surface area contributed by atoms with E-state index < -0.39 is 5.54 Å². The van der Waals surface area contributed by atoms with Crippen molar-refractivity contribution in [2.24, 2.45) is 13.0 Å². The lowest BCUT2D eigenvalue weighted by atomic mass is 9.85. The van der Waals surface area contributed by atoms with E-state index in [1.54, 1.807) is 11.7 Å². The van der Waals surface area contributed by atoms with Crippen molar-refractivity contribution in [3.63, 3.8) is 0 Å². The molecule has 0 unspecified atom stereocenters. The first-order chi connectivity index (χ1) is 12.4. The number of nitrogens with zero attached hydrogens (tertiary/aromatic N) is 3. The normalized spacial score (nSPS) is 16.5. The zero-order valence-corrected chi connectivity index (χ0v) is 16.4. The molecular formula is C18H33N5O3. The van der Waals surface area contributed by atoms with Crippen LogP contribution in [0.4, 0.5) is 5.82 Å². The number of amides is 1. The summed E-state index contributed by atoms with van der Waals surface area (Å²) in [6.07, 6.45) is 5.95. The van der Waals surface area contributed by atoms with Crippen LogP contribution in [0.3, 0.4) is 0 Å². The fraction of sp³-hybridized carbons (Fsp3) is 0.722. The summed E-state index contributed by atoms with van der Waals surface area (Å²) in [5.41, 5.74) is -0.548. The SMILES string of the molecule is CCC(CC)CN1CCC(Nc2ccn(C)n2)(C(=O)NC)CC1.O=CO. The summed E-state index contributed by atoms with van der Waals surface area (Å²) < 4.78 is 1.75. The molecule has 3 N–H and O–H groups in total. The smallest absolute Gasteiger partial charge is 0.290 e. The Labute approximate surface area is 155 Å². The Hall–Kier alpha value is -2.09. The maximum Gasteiger partial charge on any atom is 0.290 e. The Morgan fingerprint density at radius 3 is 2.38 bits per heavy atom. The molecule has 26 heavy (non-hydrogen) atoms. The highest BCUT2D eigenvalue weighted by Gasteiger charge is 2.41. The van der Waals surface area contributed by atoms with Gasteiger partial charge in [0.25, 0.3) is 6.47 Å². The Balaban J connectivity index is 0.00000105. The summed E-state index contributed by atoms with van der Waals surface area (Å²) >= 11 is 0. The van der Waals surface area contributed by atoms with Gasteiger partial charge in [0, 0.05) is 46.0 Å². The van der Waals surface area contributed by atoms with Gasteiger partial charge in [-0.25, -0.2) is 0 Å². The molecule has 0 atom stereocenters. The van der Waals surface area contributed by atoms with E-state index in [2.05, 4.69) is 34.5 Å². The third kappa shape index (κ3) is 6.01. The highest BCUT2D eigenvalue weighted by molar-refractivity contribution is 5.89. The summed E-state index contributed by atoms with van der Waals surface area (Å²) in [5.74, 6) is 1.58. The number of hydrogen-bond acceptors (Lipinski definition) is 5. The average Bonchev–Trinajstić information content (AvgIpc) is 3.05. The zero-order chi connectivity index (χ0) is 19.6. The summed E-state index contributed by atoms with van der Waals surface area (Å²) in [5, 5.41) is 17.5. The van der Waals surface area contributed by atoms with Crippen molar-refractivity contribution in [2.45, 2.75) is 45.1 Å². The monoisotopic (exact) mass is 367 g/mol. The van der Waals surface area contributed by atoms with Crippen molar-refractivity contribution in [1.29, 1.82) is 0 Å². The Bertz CT molecular complexity index is 549. The van der Waals surface area contributed by atoms with Gasteiger partial charge in [-0.15, -0.1) is 0 Å². The molecule has 2 heterocycles. The van der Waals surface area contributed by atoms with Crippen LogP contribution in [0.1, 0.15) is 39.5 Å². The molecule has 0 aliphatic carbocycles. The fourth-order valence-electron chi connectivity index (χ4n) is 3.40. The molecule has 1 aromatic rings. The molecule has 1 amide bonds. The van der Waals surface area contributed by atoms with Gasteiger partial charge in [0.05, 0.1) is 0 Å². The van der Waals surface area contributed by atoms with E-state index in [0.717, 1.165) is 44.2 Å². The van der Waals surface area contributed by atoms with Crippen molar-refractivity contribution < 1.29 is 14.7 Å². The van der Waals surface area contributed by atoms with Gasteiger partial charge in [-0.2, -0.15) is 5.10 Å². The minimum Gasteiger partial charge on any atom is -0.483 e. The van der Waals surface area contributed by atoms with Crippen LogP contribution in [-0.4, -0.2) is 64.4 Å². The number of piperidine rings is 1. The Morgan fingerprint density at radius 1 is 1.38 bits per heavy atom. The molecule has 0 saturated carbocycles. The molecule has 1 aromatic heterocycles. The van der Waals surface area contributed by atoms with E-state index in [0.29, 0.717) is 0 Å². The second-order valence-corrected chi connectivity index (χ2v) is 6.75. The van der Waals surface area contributed by atoms with Gasteiger partial charge < -0.3 is 20.6 Å². The first-order valence-corrected chi connectivity index (χ1v) is 9.24. The highest BCUT2D eigenvalue weighted by atomic mass is 16.3. The number of carbonyl (C=O) groups excluding carboxylic acids is 1. The lowest BCUT2D eigenvalue weighted by molar-refractivity contribution is -0.126. The van der Waals surface area contributed by atoms with Gasteiger partial charge >= 0.3 is 0 Å². The molecule has 0 bridgehead atoms.